The van der Waals surface area contributed by atoms with Crippen LogP contribution in [0.4, 0.5) is 5.69 Å². The molecular weight excluding hydrogens is 429 g/mol. The SMILES string of the molecule is CCc1ccccc1[N+](C)(C)CCCCc1cccc2ccccc12.I. The summed E-state index contributed by atoms with van der Waals surface area (Å²) in [6.45, 7) is 3.43. The zero-order valence-electron chi connectivity index (χ0n) is 16.2. The summed E-state index contributed by atoms with van der Waals surface area (Å²) in [6.07, 6.45) is 4.75. The van der Waals surface area contributed by atoms with Crippen LogP contribution < -0.4 is 4.48 Å². The van der Waals surface area contributed by atoms with Crippen molar-refractivity contribution in [3.63, 3.8) is 0 Å². The molecule has 0 aromatic heterocycles. The number of aryl methyl sites for hydroxylation is 2. The lowest BCUT2D eigenvalue weighted by Crippen LogP contribution is -2.42. The Balaban J connectivity index is 0.00000243. The molecular formula is C24H31IN+. The van der Waals surface area contributed by atoms with Crippen molar-refractivity contribution in [2.75, 3.05) is 20.6 Å². The largest absolute Gasteiger partial charge is 0.296 e. The first-order chi connectivity index (χ1) is 12.1. The van der Waals surface area contributed by atoms with Crippen LogP contribution in [0.25, 0.3) is 10.8 Å². The quantitative estimate of drug-likeness (QED) is 0.211. The number of hydrogen-bond donors (Lipinski definition) is 0. The highest BCUT2D eigenvalue weighted by molar-refractivity contribution is 14.0. The van der Waals surface area contributed by atoms with Crippen molar-refractivity contribution in [2.24, 2.45) is 0 Å². The minimum Gasteiger partial charge on any atom is -0.296 e. The minimum atomic E-state index is 0. The summed E-state index contributed by atoms with van der Waals surface area (Å²) in [7, 11) is 4.68. The highest BCUT2D eigenvalue weighted by atomic mass is 127. The van der Waals surface area contributed by atoms with Crippen LogP contribution in [0, 0.1) is 0 Å². The number of quaternary nitrogens is 1. The van der Waals surface area contributed by atoms with Crippen LogP contribution in [-0.2, 0) is 12.8 Å². The second kappa shape index (κ2) is 9.52. The molecule has 0 bridgehead atoms. The molecule has 0 amide bonds. The Bertz CT molecular complexity index is 833. The average molecular weight is 460 g/mol. The summed E-state index contributed by atoms with van der Waals surface area (Å²) in [5.41, 5.74) is 4.43. The summed E-state index contributed by atoms with van der Waals surface area (Å²) in [4.78, 5) is 0. The van der Waals surface area contributed by atoms with E-state index in [0.29, 0.717) is 0 Å². The van der Waals surface area contributed by atoms with Crippen molar-refractivity contribution in [1.29, 1.82) is 0 Å². The molecule has 0 atom stereocenters. The minimum absolute atomic E-state index is 0. The Morgan fingerprint density at radius 3 is 2.19 bits per heavy atom. The Labute approximate surface area is 175 Å². The van der Waals surface area contributed by atoms with Crippen LogP contribution in [0.2, 0.25) is 0 Å². The first-order valence-electron chi connectivity index (χ1n) is 9.50. The third-order valence-electron chi connectivity index (χ3n) is 5.32. The molecule has 0 saturated heterocycles. The lowest BCUT2D eigenvalue weighted by Gasteiger charge is -2.31. The molecule has 1 nitrogen and oxygen atoms in total. The van der Waals surface area contributed by atoms with Crippen molar-refractivity contribution in [1.82, 2.24) is 4.48 Å². The third-order valence-corrected chi connectivity index (χ3v) is 5.32. The molecule has 2 heteroatoms. The first kappa shape index (κ1) is 20.9. The van der Waals surface area contributed by atoms with E-state index in [4.69, 9.17) is 0 Å². The van der Waals surface area contributed by atoms with E-state index in [0.717, 1.165) is 17.3 Å². The zero-order chi connectivity index (χ0) is 17.7. The molecule has 0 aliphatic carbocycles. The van der Waals surface area contributed by atoms with Gasteiger partial charge in [-0.1, -0.05) is 67.6 Å². The van der Waals surface area contributed by atoms with Gasteiger partial charge in [-0.2, -0.15) is 0 Å². The van der Waals surface area contributed by atoms with Crippen LogP contribution in [0.5, 0.6) is 0 Å². The van der Waals surface area contributed by atoms with Gasteiger partial charge in [-0.25, -0.2) is 0 Å². The second-order valence-electron chi connectivity index (χ2n) is 7.49. The lowest BCUT2D eigenvalue weighted by molar-refractivity contribution is 0.383. The maximum atomic E-state index is 2.34. The van der Waals surface area contributed by atoms with Gasteiger partial charge in [0.05, 0.1) is 20.6 Å². The Morgan fingerprint density at radius 1 is 0.731 bits per heavy atom. The molecule has 0 heterocycles. The highest BCUT2D eigenvalue weighted by Crippen LogP contribution is 2.26. The monoisotopic (exact) mass is 460 g/mol. The highest BCUT2D eigenvalue weighted by Gasteiger charge is 2.21. The summed E-state index contributed by atoms with van der Waals surface area (Å²) < 4.78 is 0.972. The number of nitrogens with zero attached hydrogens (tertiary/aromatic N) is 1. The van der Waals surface area contributed by atoms with Crippen LogP contribution in [0.3, 0.4) is 0 Å². The smallest absolute Gasteiger partial charge is 0.135 e. The lowest BCUT2D eigenvalue weighted by atomic mass is 10.00. The van der Waals surface area contributed by atoms with Crippen LogP contribution >= 0.6 is 24.0 Å². The predicted octanol–water partition coefficient (Wildman–Crippen LogP) is 6.61. The molecule has 0 aliphatic rings. The molecule has 0 aliphatic heterocycles. The van der Waals surface area contributed by atoms with E-state index in [2.05, 4.69) is 87.7 Å². The van der Waals surface area contributed by atoms with Gasteiger partial charge in [0.25, 0.3) is 0 Å². The van der Waals surface area contributed by atoms with E-state index in [1.165, 1.54) is 47.0 Å². The van der Waals surface area contributed by atoms with Gasteiger partial charge >= 0.3 is 0 Å². The van der Waals surface area contributed by atoms with Gasteiger partial charge in [0.1, 0.15) is 5.69 Å². The second-order valence-corrected chi connectivity index (χ2v) is 7.49. The van der Waals surface area contributed by atoms with Gasteiger partial charge in [0.2, 0.25) is 0 Å². The molecule has 0 saturated carbocycles. The number of unbranched alkanes of at least 4 members (excludes halogenated alkanes) is 1. The number of rotatable bonds is 7. The van der Waals surface area contributed by atoms with Gasteiger partial charge in [0.15, 0.2) is 0 Å². The summed E-state index contributed by atoms with van der Waals surface area (Å²) >= 11 is 0. The number of benzene rings is 3. The van der Waals surface area contributed by atoms with Crippen LogP contribution in [0.15, 0.2) is 66.7 Å². The van der Waals surface area contributed by atoms with E-state index >= 15 is 0 Å². The van der Waals surface area contributed by atoms with Crippen molar-refractivity contribution < 1.29 is 0 Å². The van der Waals surface area contributed by atoms with Crippen molar-refractivity contribution in [3.8, 4) is 0 Å². The molecule has 138 valence electrons. The van der Waals surface area contributed by atoms with Crippen molar-refractivity contribution in [2.45, 2.75) is 32.6 Å². The molecule has 26 heavy (non-hydrogen) atoms. The van der Waals surface area contributed by atoms with Crippen LogP contribution in [-0.4, -0.2) is 20.6 Å². The van der Waals surface area contributed by atoms with Gasteiger partial charge in [0, 0.05) is 5.56 Å². The van der Waals surface area contributed by atoms with Gasteiger partial charge in [-0.15, -0.1) is 24.0 Å². The van der Waals surface area contributed by atoms with Gasteiger partial charge in [-0.3, -0.25) is 4.48 Å². The molecule has 0 radical (unpaired) electrons. The fourth-order valence-electron chi connectivity index (χ4n) is 3.85. The summed E-state index contributed by atoms with van der Waals surface area (Å²) in [5, 5.41) is 2.77. The van der Waals surface area contributed by atoms with Gasteiger partial charge < -0.3 is 0 Å². The van der Waals surface area contributed by atoms with E-state index in [9.17, 15) is 0 Å². The number of fused-ring (bicyclic) bond motifs is 1. The van der Waals surface area contributed by atoms with Gasteiger partial charge in [-0.05, 0) is 48.1 Å². The maximum absolute atomic E-state index is 2.34. The van der Waals surface area contributed by atoms with E-state index in [1.54, 1.807) is 0 Å². The Kier molecular flexibility index (Phi) is 7.66. The maximum Gasteiger partial charge on any atom is 0.135 e. The molecule has 0 fully saturated rings. The summed E-state index contributed by atoms with van der Waals surface area (Å²) in [6, 6.07) is 24.3. The average Bonchev–Trinajstić information content (AvgIpc) is 2.65. The Morgan fingerprint density at radius 2 is 1.38 bits per heavy atom. The van der Waals surface area contributed by atoms with Crippen LogP contribution in [0.1, 0.15) is 30.9 Å². The molecule has 3 aromatic carbocycles. The standard InChI is InChI=1S/C24H30N.HI/c1-4-20-12-6-8-18-24(20)25(2,3)19-10-9-14-22-16-11-15-21-13-5-7-17-23(21)22;/h5-8,11-13,15-18H,4,9-10,14,19H2,1-3H3;1H/q+1;. The molecule has 0 spiro atoms. The number of para-hydroxylation sites is 1. The third kappa shape index (κ3) is 4.86. The summed E-state index contributed by atoms with van der Waals surface area (Å²) in [5.74, 6) is 0. The normalized spacial score (nSPS) is 11.3. The molecule has 3 aromatic rings. The fourth-order valence-corrected chi connectivity index (χ4v) is 3.85. The number of halogens is 1. The van der Waals surface area contributed by atoms with E-state index < -0.39 is 0 Å². The van der Waals surface area contributed by atoms with E-state index in [-0.39, 0.29) is 24.0 Å². The Hall–Kier alpha value is -1.39. The van der Waals surface area contributed by atoms with Crippen molar-refractivity contribution in [3.05, 3.63) is 77.9 Å². The van der Waals surface area contributed by atoms with E-state index in [1.807, 2.05) is 0 Å². The topological polar surface area (TPSA) is 0 Å². The van der Waals surface area contributed by atoms with Crippen molar-refractivity contribution >= 4 is 40.4 Å². The zero-order valence-corrected chi connectivity index (χ0v) is 18.6. The molecule has 0 unspecified atom stereocenters. The predicted molar refractivity (Wildman–Crippen MR) is 127 cm³/mol. The molecule has 3 rings (SSSR count). The molecule has 0 N–H and O–H groups in total. The fraction of sp³-hybridized carbons (Fsp3) is 0.333. The first-order valence-corrected chi connectivity index (χ1v) is 9.50. The number of hydrogen-bond acceptors (Lipinski definition) is 0.